The van der Waals surface area contributed by atoms with Crippen LogP contribution < -0.4 is 5.32 Å². The summed E-state index contributed by atoms with van der Waals surface area (Å²) in [5.41, 5.74) is 1.78. The van der Waals surface area contributed by atoms with Gasteiger partial charge in [-0.25, -0.2) is 0 Å². The third kappa shape index (κ3) is 2.52. The molecule has 2 aromatic rings. The number of fused-ring (bicyclic) bond motifs is 1. The minimum Gasteiger partial charge on any atom is -0.351 e. The van der Waals surface area contributed by atoms with Crippen LogP contribution >= 0.6 is 27.3 Å². The molecule has 0 radical (unpaired) electrons. The van der Waals surface area contributed by atoms with E-state index in [2.05, 4.69) is 27.8 Å². The Labute approximate surface area is 119 Å². The van der Waals surface area contributed by atoms with Gasteiger partial charge in [0.05, 0.1) is 14.0 Å². The summed E-state index contributed by atoms with van der Waals surface area (Å²) in [5, 5.41) is 2.91. The number of nitrogens with one attached hydrogen (secondary N) is 1. The molecule has 0 aromatic carbocycles. The number of aromatic nitrogens is 1. The Balaban J connectivity index is 2.42. The van der Waals surface area contributed by atoms with Crippen molar-refractivity contribution in [3.05, 3.63) is 34.3 Å². The number of nitrogens with zero attached hydrogens (tertiary/aromatic N) is 1. The lowest BCUT2D eigenvalue weighted by atomic mass is 10.3. The number of hydrogen-bond donors (Lipinski definition) is 1. The van der Waals surface area contributed by atoms with Gasteiger partial charge in [0, 0.05) is 13.1 Å². The second kappa shape index (κ2) is 5.71. The van der Waals surface area contributed by atoms with Crippen LogP contribution in [0.3, 0.4) is 0 Å². The van der Waals surface area contributed by atoms with Gasteiger partial charge in [0.1, 0.15) is 5.69 Å². The Morgan fingerprint density at radius 3 is 3.06 bits per heavy atom. The van der Waals surface area contributed by atoms with E-state index in [1.807, 2.05) is 29.7 Å². The summed E-state index contributed by atoms with van der Waals surface area (Å²) in [4.78, 5) is 12.1. The van der Waals surface area contributed by atoms with Crippen LogP contribution in [-0.4, -0.2) is 17.0 Å². The molecule has 0 bridgehead atoms. The summed E-state index contributed by atoms with van der Waals surface area (Å²) < 4.78 is 4.19. The molecule has 2 heterocycles. The highest BCUT2D eigenvalue weighted by atomic mass is 79.9. The van der Waals surface area contributed by atoms with Gasteiger partial charge in [-0.3, -0.25) is 4.79 Å². The third-order valence-electron chi connectivity index (χ3n) is 2.64. The van der Waals surface area contributed by atoms with Crippen LogP contribution in [0.5, 0.6) is 0 Å². The van der Waals surface area contributed by atoms with E-state index >= 15 is 0 Å². The Kier molecular flexibility index (Phi) is 4.24. The molecule has 0 aliphatic carbocycles. The summed E-state index contributed by atoms with van der Waals surface area (Å²) in [6.07, 6.45) is 2.75. The maximum absolute atomic E-state index is 12.1. The van der Waals surface area contributed by atoms with Crippen molar-refractivity contribution in [1.82, 2.24) is 9.88 Å². The topological polar surface area (TPSA) is 34.0 Å². The fourth-order valence-corrected chi connectivity index (χ4v) is 3.42. The highest BCUT2D eigenvalue weighted by Crippen LogP contribution is 2.32. The maximum Gasteiger partial charge on any atom is 0.267 e. The number of amides is 1. The van der Waals surface area contributed by atoms with Crippen molar-refractivity contribution < 1.29 is 4.79 Å². The van der Waals surface area contributed by atoms with Gasteiger partial charge in [-0.2, -0.15) is 0 Å². The van der Waals surface area contributed by atoms with E-state index in [0.29, 0.717) is 18.8 Å². The molecule has 0 atom stereocenters. The highest BCUT2D eigenvalue weighted by molar-refractivity contribution is 9.11. The van der Waals surface area contributed by atoms with Crippen LogP contribution in [0.2, 0.25) is 0 Å². The van der Waals surface area contributed by atoms with E-state index in [1.165, 1.54) is 0 Å². The van der Waals surface area contributed by atoms with Gasteiger partial charge in [-0.05, 0) is 34.5 Å². The largest absolute Gasteiger partial charge is 0.351 e. The fraction of sp³-hybridized carbons (Fsp3) is 0.308. The number of carbonyl (C=O) groups is 1. The van der Waals surface area contributed by atoms with Gasteiger partial charge in [0.2, 0.25) is 0 Å². The molecule has 5 heteroatoms. The molecule has 18 heavy (non-hydrogen) atoms. The monoisotopic (exact) mass is 326 g/mol. The lowest BCUT2D eigenvalue weighted by Gasteiger charge is -2.07. The van der Waals surface area contributed by atoms with E-state index in [-0.39, 0.29) is 5.91 Å². The first kappa shape index (κ1) is 13.4. The first-order valence-electron chi connectivity index (χ1n) is 5.85. The van der Waals surface area contributed by atoms with Gasteiger partial charge in [-0.1, -0.05) is 13.0 Å². The normalized spacial score (nSPS) is 10.8. The van der Waals surface area contributed by atoms with Gasteiger partial charge >= 0.3 is 0 Å². The minimum atomic E-state index is -0.0155. The second-order valence-corrected chi connectivity index (χ2v) is 6.45. The Morgan fingerprint density at radius 1 is 1.61 bits per heavy atom. The van der Waals surface area contributed by atoms with Crippen molar-refractivity contribution in [2.75, 3.05) is 6.54 Å². The maximum atomic E-state index is 12.1. The van der Waals surface area contributed by atoms with Gasteiger partial charge in [0.15, 0.2) is 0 Å². The number of carbonyl (C=O) groups excluding carboxylic acids is 1. The third-order valence-corrected chi connectivity index (χ3v) is 4.21. The molecule has 2 aromatic heterocycles. The summed E-state index contributed by atoms with van der Waals surface area (Å²) >= 11 is 5.11. The molecular weight excluding hydrogens is 312 g/mol. The first-order chi connectivity index (χ1) is 8.67. The number of rotatable bonds is 5. The van der Waals surface area contributed by atoms with Crippen molar-refractivity contribution in [1.29, 1.82) is 0 Å². The van der Waals surface area contributed by atoms with Gasteiger partial charge in [0.25, 0.3) is 5.91 Å². The zero-order valence-electron chi connectivity index (χ0n) is 10.2. The summed E-state index contributed by atoms with van der Waals surface area (Å²) in [5.74, 6) is -0.0155. The summed E-state index contributed by atoms with van der Waals surface area (Å²) in [6, 6.07) is 3.99. The lowest BCUT2D eigenvalue weighted by molar-refractivity contribution is 0.0945. The molecule has 0 aliphatic heterocycles. The van der Waals surface area contributed by atoms with E-state index in [0.717, 1.165) is 20.4 Å². The Morgan fingerprint density at radius 2 is 2.39 bits per heavy atom. The van der Waals surface area contributed by atoms with Crippen molar-refractivity contribution in [3.63, 3.8) is 0 Å². The molecular formula is C13H15BrN2OS. The molecule has 96 valence electrons. The molecule has 1 amide bonds. The average Bonchev–Trinajstić information content (AvgIpc) is 2.84. The van der Waals surface area contributed by atoms with Crippen LogP contribution in [0.15, 0.2) is 28.6 Å². The second-order valence-electron chi connectivity index (χ2n) is 3.98. The zero-order chi connectivity index (χ0) is 13.1. The van der Waals surface area contributed by atoms with Crippen LogP contribution in [-0.2, 0) is 6.54 Å². The lowest BCUT2D eigenvalue weighted by Crippen LogP contribution is -2.26. The molecule has 0 unspecified atom stereocenters. The average molecular weight is 327 g/mol. The molecule has 0 spiro atoms. The van der Waals surface area contributed by atoms with Gasteiger partial charge < -0.3 is 9.88 Å². The van der Waals surface area contributed by atoms with Crippen LogP contribution in [0.1, 0.15) is 23.8 Å². The molecule has 1 N–H and O–H groups in total. The number of hydrogen-bond acceptors (Lipinski definition) is 2. The van der Waals surface area contributed by atoms with E-state index in [1.54, 1.807) is 11.3 Å². The van der Waals surface area contributed by atoms with E-state index < -0.39 is 0 Å². The quantitative estimate of drug-likeness (QED) is 0.833. The standard InChI is InChI=1S/C13H15BrN2OS/c1-3-5-15-13(17)10-7-11-9(8-12(14)18-11)16(10)6-4-2/h4,7-8H,2-3,5-6H2,1H3,(H,15,17). The molecule has 2 rings (SSSR count). The van der Waals surface area contributed by atoms with E-state index in [4.69, 9.17) is 0 Å². The van der Waals surface area contributed by atoms with Gasteiger partial charge in [-0.15, -0.1) is 17.9 Å². The van der Waals surface area contributed by atoms with E-state index in [9.17, 15) is 4.79 Å². The number of allylic oxidation sites excluding steroid dienone is 1. The molecule has 0 saturated heterocycles. The van der Waals surface area contributed by atoms with Crippen LogP contribution in [0.4, 0.5) is 0 Å². The van der Waals surface area contributed by atoms with Crippen molar-refractivity contribution in [3.8, 4) is 0 Å². The number of thiophene rings is 1. The predicted molar refractivity (Wildman–Crippen MR) is 80.3 cm³/mol. The minimum absolute atomic E-state index is 0.0155. The molecule has 0 fully saturated rings. The van der Waals surface area contributed by atoms with Crippen molar-refractivity contribution >= 4 is 43.4 Å². The van der Waals surface area contributed by atoms with Crippen molar-refractivity contribution in [2.24, 2.45) is 0 Å². The Hall–Kier alpha value is -1.07. The predicted octanol–water partition coefficient (Wildman–Crippen LogP) is 3.79. The number of halogens is 1. The van der Waals surface area contributed by atoms with Crippen molar-refractivity contribution in [2.45, 2.75) is 19.9 Å². The summed E-state index contributed by atoms with van der Waals surface area (Å²) in [7, 11) is 0. The highest BCUT2D eigenvalue weighted by Gasteiger charge is 2.16. The summed E-state index contributed by atoms with van der Waals surface area (Å²) in [6.45, 7) is 7.14. The Bertz CT molecular complexity index is 585. The molecule has 0 aliphatic rings. The fourth-order valence-electron chi connectivity index (χ4n) is 1.85. The molecule has 3 nitrogen and oxygen atoms in total. The zero-order valence-corrected chi connectivity index (χ0v) is 12.6. The smallest absolute Gasteiger partial charge is 0.267 e. The van der Waals surface area contributed by atoms with Crippen LogP contribution in [0.25, 0.3) is 10.2 Å². The molecule has 0 saturated carbocycles. The first-order valence-corrected chi connectivity index (χ1v) is 7.46. The van der Waals surface area contributed by atoms with Crippen LogP contribution in [0, 0.1) is 0 Å². The SMILES string of the molecule is C=CCn1c(C(=O)NCCC)cc2sc(Br)cc21.